The molecule has 3 rings (SSSR count). The highest BCUT2D eigenvalue weighted by molar-refractivity contribution is 7.89. The average Bonchev–Trinajstić information content (AvgIpc) is 2.60. The molecular weight excluding hydrogens is 310 g/mol. The summed E-state index contributed by atoms with van der Waals surface area (Å²) in [6.07, 6.45) is 3.91. The van der Waals surface area contributed by atoms with Crippen LogP contribution < -0.4 is 4.74 Å². The Morgan fingerprint density at radius 2 is 1.70 bits per heavy atom. The molecule has 0 radical (unpaired) electrons. The Morgan fingerprint density at radius 3 is 2.39 bits per heavy atom. The van der Waals surface area contributed by atoms with Gasteiger partial charge in [0.05, 0.1) is 11.5 Å². The molecule has 0 amide bonds. The lowest BCUT2D eigenvalue weighted by atomic mass is 10.1. The monoisotopic (exact) mass is 333 g/mol. The molecule has 124 valence electrons. The maximum atomic E-state index is 13.0. The molecule has 2 aromatic carbocycles. The molecule has 0 N–H and O–H groups in total. The standard InChI is InChI=1S/C18H23NO3S/c1-2-14-22-17-10-11-18(16-9-5-4-8-15(16)17)23(20,21)19-12-6-3-7-13-19/h4-5,8-11H,2-3,6-7,12-14H2,1H3. The molecule has 1 fully saturated rings. The van der Waals surface area contributed by atoms with E-state index in [2.05, 4.69) is 6.92 Å². The van der Waals surface area contributed by atoms with Crippen molar-refractivity contribution in [1.29, 1.82) is 0 Å². The lowest BCUT2D eigenvalue weighted by Crippen LogP contribution is -2.35. The number of benzene rings is 2. The highest BCUT2D eigenvalue weighted by Crippen LogP contribution is 2.33. The van der Waals surface area contributed by atoms with Crippen LogP contribution in [0, 0.1) is 0 Å². The van der Waals surface area contributed by atoms with Crippen LogP contribution >= 0.6 is 0 Å². The predicted octanol–water partition coefficient (Wildman–Crippen LogP) is 3.80. The topological polar surface area (TPSA) is 46.6 Å². The molecule has 1 aliphatic heterocycles. The van der Waals surface area contributed by atoms with Crippen molar-refractivity contribution in [3.63, 3.8) is 0 Å². The van der Waals surface area contributed by atoms with Gasteiger partial charge in [0.15, 0.2) is 0 Å². The molecule has 4 nitrogen and oxygen atoms in total. The second kappa shape index (κ2) is 6.89. The molecule has 0 aromatic heterocycles. The fraction of sp³-hybridized carbons (Fsp3) is 0.444. The van der Waals surface area contributed by atoms with Crippen molar-refractivity contribution in [2.24, 2.45) is 0 Å². The van der Waals surface area contributed by atoms with Crippen molar-refractivity contribution in [1.82, 2.24) is 4.31 Å². The number of ether oxygens (including phenoxy) is 1. The van der Waals surface area contributed by atoms with Crippen LogP contribution in [0.4, 0.5) is 0 Å². The third kappa shape index (κ3) is 3.21. The van der Waals surface area contributed by atoms with Gasteiger partial charge in [-0.15, -0.1) is 0 Å². The van der Waals surface area contributed by atoms with Crippen molar-refractivity contribution >= 4 is 20.8 Å². The summed E-state index contributed by atoms with van der Waals surface area (Å²) in [4.78, 5) is 0.388. The Labute approximate surface area is 138 Å². The number of fused-ring (bicyclic) bond motifs is 1. The summed E-state index contributed by atoms with van der Waals surface area (Å²) in [7, 11) is -3.45. The fourth-order valence-electron chi connectivity index (χ4n) is 3.05. The van der Waals surface area contributed by atoms with Gasteiger partial charge in [0, 0.05) is 23.9 Å². The molecule has 0 aliphatic carbocycles. The number of hydrogen-bond acceptors (Lipinski definition) is 3. The Hall–Kier alpha value is -1.59. The number of rotatable bonds is 5. The SMILES string of the molecule is CCCOc1ccc(S(=O)(=O)N2CCCCC2)c2ccccc12. The first-order valence-corrected chi connectivity index (χ1v) is 9.73. The van der Waals surface area contributed by atoms with Crippen LogP contribution in [0.2, 0.25) is 0 Å². The summed E-state index contributed by atoms with van der Waals surface area (Å²) < 4.78 is 33.4. The van der Waals surface area contributed by atoms with Crippen LogP contribution in [0.25, 0.3) is 10.8 Å². The van der Waals surface area contributed by atoms with E-state index in [1.165, 1.54) is 0 Å². The largest absolute Gasteiger partial charge is 0.493 e. The molecule has 1 aliphatic rings. The normalized spacial score (nSPS) is 16.6. The summed E-state index contributed by atoms with van der Waals surface area (Å²) in [6.45, 7) is 3.91. The maximum absolute atomic E-state index is 13.0. The minimum atomic E-state index is -3.45. The Balaban J connectivity index is 2.08. The van der Waals surface area contributed by atoms with Gasteiger partial charge >= 0.3 is 0 Å². The summed E-state index contributed by atoms with van der Waals surface area (Å²) in [5.74, 6) is 0.750. The molecule has 0 bridgehead atoms. The zero-order chi connectivity index (χ0) is 16.3. The van der Waals surface area contributed by atoms with E-state index >= 15 is 0 Å². The third-order valence-electron chi connectivity index (χ3n) is 4.24. The first kappa shape index (κ1) is 16.3. The summed E-state index contributed by atoms with van der Waals surface area (Å²) in [5, 5.41) is 1.60. The lowest BCUT2D eigenvalue weighted by molar-refractivity contribution is 0.321. The first-order chi connectivity index (χ1) is 11.1. The second-order valence-electron chi connectivity index (χ2n) is 5.92. The van der Waals surface area contributed by atoms with Crippen LogP contribution in [-0.2, 0) is 10.0 Å². The van der Waals surface area contributed by atoms with Gasteiger partial charge in [-0.05, 0) is 31.4 Å². The Kier molecular flexibility index (Phi) is 4.87. The van der Waals surface area contributed by atoms with Gasteiger partial charge in [-0.3, -0.25) is 0 Å². The molecule has 0 saturated carbocycles. The van der Waals surface area contributed by atoms with Crippen LogP contribution in [0.1, 0.15) is 32.6 Å². The van der Waals surface area contributed by atoms with Crippen LogP contribution in [0.15, 0.2) is 41.3 Å². The van der Waals surface area contributed by atoms with Crippen molar-refractivity contribution in [3.05, 3.63) is 36.4 Å². The highest BCUT2D eigenvalue weighted by atomic mass is 32.2. The number of sulfonamides is 1. The molecule has 0 unspecified atom stereocenters. The van der Waals surface area contributed by atoms with E-state index in [0.717, 1.165) is 42.2 Å². The van der Waals surface area contributed by atoms with E-state index in [1.807, 2.05) is 24.3 Å². The first-order valence-electron chi connectivity index (χ1n) is 8.29. The number of hydrogen-bond donors (Lipinski definition) is 0. The minimum Gasteiger partial charge on any atom is -0.493 e. The average molecular weight is 333 g/mol. The van der Waals surface area contributed by atoms with E-state index in [1.54, 1.807) is 16.4 Å². The molecule has 0 spiro atoms. The van der Waals surface area contributed by atoms with Crippen molar-refractivity contribution < 1.29 is 13.2 Å². The van der Waals surface area contributed by atoms with Crippen LogP contribution in [-0.4, -0.2) is 32.4 Å². The van der Waals surface area contributed by atoms with E-state index < -0.39 is 10.0 Å². The number of piperidine rings is 1. The Bertz CT molecular complexity index is 780. The van der Waals surface area contributed by atoms with Crippen LogP contribution in [0.5, 0.6) is 5.75 Å². The summed E-state index contributed by atoms with van der Waals surface area (Å²) in [6, 6.07) is 11.1. The van der Waals surface area contributed by atoms with Gasteiger partial charge in [-0.25, -0.2) is 8.42 Å². The van der Waals surface area contributed by atoms with Gasteiger partial charge in [0.1, 0.15) is 5.75 Å². The molecule has 2 aromatic rings. The fourth-order valence-corrected chi connectivity index (χ4v) is 4.76. The molecule has 1 heterocycles. The van der Waals surface area contributed by atoms with Gasteiger partial charge < -0.3 is 4.74 Å². The maximum Gasteiger partial charge on any atom is 0.243 e. The molecule has 23 heavy (non-hydrogen) atoms. The van der Waals surface area contributed by atoms with E-state index in [4.69, 9.17) is 4.74 Å². The quantitative estimate of drug-likeness (QED) is 0.836. The second-order valence-corrected chi connectivity index (χ2v) is 7.83. The van der Waals surface area contributed by atoms with Gasteiger partial charge in [-0.1, -0.05) is 37.6 Å². The lowest BCUT2D eigenvalue weighted by Gasteiger charge is -2.26. The zero-order valence-electron chi connectivity index (χ0n) is 13.5. The van der Waals surface area contributed by atoms with E-state index in [9.17, 15) is 8.42 Å². The molecular formula is C18H23NO3S. The number of nitrogens with zero attached hydrogens (tertiary/aromatic N) is 1. The van der Waals surface area contributed by atoms with Gasteiger partial charge in [0.25, 0.3) is 0 Å². The third-order valence-corrected chi connectivity index (χ3v) is 6.20. The highest BCUT2D eigenvalue weighted by Gasteiger charge is 2.27. The molecule has 5 heteroatoms. The van der Waals surface area contributed by atoms with Gasteiger partial charge in [0.2, 0.25) is 10.0 Å². The Morgan fingerprint density at radius 1 is 1.00 bits per heavy atom. The van der Waals surface area contributed by atoms with Crippen molar-refractivity contribution in [2.75, 3.05) is 19.7 Å². The van der Waals surface area contributed by atoms with Gasteiger partial charge in [-0.2, -0.15) is 4.31 Å². The summed E-state index contributed by atoms with van der Waals surface area (Å²) in [5.41, 5.74) is 0. The van der Waals surface area contributed by atoms with Crippen LogP contribution in [0.3, 0.4) is 0 Å². The molecule has 0 atom stereocenters. The van der Waals surface area contributed by atoms with Crippen molar-refractivity contribution in [2.45, 2.75) is 37.5 Å². The smallest absolute Gasteiger partial charge is 0.243 e. The molecule has 1 saturated heterocycles. The minimum absolute atomic E-state index is 0.388. The predicted molar refractivity (Wildman–Crippen MR) is 92.3 cm³/mol. The summed E-state index contributed by atoms with van der Waals surface area (Å²) >= 11 is 0. The van der Waals surface area contributed by atoms with Crippen molar-refractivity contribution in [3.8, 4) is 5.75 Å². The zero-order valence-corrected chi connectivity index (χ0v) is 14.3. The van der Waals surface area contributed by atoms with E-state index in [0.29, 0.717) is 24.6 Å². The van der Waals surface area contributed by atoms with E-state index in [-0.39, 0.29) is 0 Å².